The van der Waals surface area contributed by atoms with Crippen molar-refractivity contribution >= 4 is 10.8 Å². The van der Waals surface area contributed by atoms with E-state index in [0.29, 0.717) is 5.41 Å². The predicted molar refractivity (Wildman–Crippen MR) is 107 cm³/mol. The van der Waals surface area contributed by atoms with Crippen LogP contribution in [0.3, 0.4) is 0 Å². The van der Waals surface area contributed by atoms with Crippen LogP contribution >= 0.6 is 0 Å². The molecule has 2 heteroatoms. The monoisotopic (exact) mass is 343 g/mol. The lowest BCUT2D eigenvalue weighted by atomic mass is 9.87. The van der Waals surface area contributed by atoms with E-state index in [1.165, 1.54) is 33.0 Å². The maximum Gasteiger partial charge on any atom is 0.323 e. The number of hydrogen-bond donors (Lipinski definition) is 0. The third-order valence-electron chi connectivity index (χ3n) is 4.87. The van der Waals surface area contributed by atoms with E-state index >= 15 is 0 Å². The Labute approximate surface area is 155 Å². The molecule has 26 heavy (non-hydrogen) atoms. The van der Waals surface area contributed by atoms with Gasteiger partial charge in [-0.05, 0) is 42.7 Å². The summed E-state index contributed by atoms with van der Waals surface area (Å²) in [5.74, 6) is 0. The number of aromatic nitrogens is 1. The van der Waals surface area contributed by atoms with Crippen molar-refractivity contribution in [2.75, 3.05) is 0 Å². The van der Waals surface area contributed by atoms with E-state index in [2.05, 4.69) is 93.7 Å². The first-order valence-corrected chi connectivity index (χ1v) is 9.39. The Morgan fingerprint density at radius 3 is 2.35 bits per heavy atom. The second-order valence-electron chi connectivity index (χ2n) is 8.88. The second kappa shape index (κ2) is 6.05. The molecule has 0 radical (unpaired) electrons. The van der Waals surface area contributed by atoms with Gasteiger partial charge >= 0.3 is 5.49 Å². The fraction of sp³-hybridized carbons (Fsp3) is 0.333. The largest absolute Gasteiger partial charge is 0.323 e. The highest BCUT2D eigenvalue weighted by molar-refractivity contribution is 5.81. The predicted octanol–water partition coefficient (Wildman–Crippen LogP) is 4.72. The summed E-state index contributed by atoms with van der Waals surface area (Å²) >= 11 is 0. The molecule has 0 spiro atoms. The van der Waals surface area contributed by atoms with Crippen molar-refractivity contribution in [3.63, 3.8) is 0 Å². The van der Waals surface area contributed by atoms with Gasteiger partial charge in [0.05, 0.1) is 0 Å². The van der Waals surface area contributed by atoms with E-state index in [1.54, 1.807) is 0 Å². The normalized spacial score (nSPS) is 16.3. The minimum Gasteiger partial charge on any atom is -0.202 e. The lowest BCUT2D eigenvalue weighted by molar-refractivity contribution is -0.521. The van der Waals surface area contributed by atoms with E-state index in [4.69, 9.17) is 4.99 Å². The molecule has 0 aliphatic carbocycles. The fourth-order valence-electron chi connectivity index (χ4n) is 3.91. The molecule has 1 aliphatic heterocycles. The number of pyridine rings is 1. The zero-order chi connectivity index (χ0) is 18.5. The van der Waals surface area contributed by atoms with Crippen LogP contribution in [-0.2, 0) is 6.42 Å². The van der Waals surface area contributed by atoms with Crippen molar-refractivity contribution < 1.29 is 4.24 Å². The van der Waals surface area contributed by atoms with Crippen molar-refractivity contribution in [3.05, 3.63) is 82.6 Å². The lowest BCUT2D eigenvalue weighted by Gasteiger charge is -2.18. The van der Waals surface area contributed by atoms with Crippen LogP contribution in [0, 0.1) is 25.5 Å². The van der Waals surface area contributed by atoms with E-state index < -0.39 is 0 Å². The molecular formula is C24H27N2+. The molecule has 1 aliphatic rings. The summed E-state index contributed by atoms with van der Waals surface area (Å²) in [7, 11) is 0. The Morgan fingerprint density at radius 2 is 1.65 bits per heavy atom. The van der Waals surface area contributed by atoms with Gasteiger partial charge in [0, 0.05) is 17.0 Å². The van der Waals surface area contributed by atoms with Crippen LogP contribution in [0.4, 0.5) is 0 Å². The molecule has 0 saturated carbocycles. The van der Waals surface area contributed by atoms with E-state index in [0.717, 1.165) is 11.9 Å². The molecule has 2 nitrogen and oxygen atoms in total. The first-order valence-electron chi connectivity index (χ1n) is 9.39. The molecule has 3 aromatic rings. The van der Waals surface area contributed by atoms with Crippen molar-refractivity contribution in [1.82, 2.24) is 0 Å². The summed E-state index contributed by atoms with van der Waals surface area (Å²) in [5.41, 5.74) is 6.58. The molecular weight excluding hydrogens is 316 g/mol. The standard InChI is InChI=1S/C24H27N2/c1-16-8-17(2)10-20(9-16)22-15-26-14-21-11-18(13-24(3,4)5)6-7-19(21)12-23(26)25-22/h6-12,14-15,22H,13H2,1-5H3/q+1. The summed E-state index contributed by atoms with van der Waals surface area (Å²) < 4.78 is 2.19. The second-order valence-corrected chi connectivity index (χ2v) is 8.88. The van der Waals surface area contributed by atoms with Gasteiger partial charge in [-0.2, -0.15) is 0 Å². The maximum atomic E-state index is 4.94. The quantitative estimate of drug-likeness (QED) is 0.600. The van der Waals surface area contributed by atoms with Gasteiger partial charge in [-0.3, -0.25) is 0 Å². The molecule has 1 unspecified atom stereocenters. The van der Waals surface area contributed by atoms with Gasteiger partial charge in [-0.15, -0.1) is 0 Å². The van der Waals surface area contributed by atoms with Crippen LogP contribution in [0.5, 0.6) is 0 Å². The van der Waals surface area contributed by atoms with Gasteiger partial charge in [0.25, 0.3) is 0 Å². The molecule has 0 amide bonds. The van der Waals surface area contributed by atoms with E-state index in [-0.39, 0.29) is 6.04 Å². The highest BCUT2D eigenvalue weighted by atomic mass is 15.0. The molecule has 0 saturated heterocycles. The van der Waals surface area contributed by atoms with Crippen LogP contribution in [-0.4, -0.2) is 0 Å². The van der Waals surface area contributed by atoms with Gasteiger partial charge in [0.2, 0.25) is 6.04 Å². The molecule has 2 aromatic carbocycles. The number of benzene rings is 2. The molecule has 132 valence electrons. The molecule has 1 aromatic heterocycles. The maximum absolute atomic E-state index is 4.94. The van der Waals surface area contributed by atoms with E-state index in [9.17, 15) is 0 Å². The molecule has 0 N–H and O–H groups in total. The molecule has 2 heterocycles. The Kier molecular flexibility index (Phi) is 3.95. The summed E-state index contributed by atoms with van der Waals surface area (Å²) in [6, 6.07) is 15.8. The molecule has 4 rings (SSSR count). The van der Waals surface area contributed by atoms with Crippen LogP contribution in [0.25, 0.3) is 10.8 Å². The lowest BCUT2D eigenvalue weighted by Crippen LogP contribution is -2.33. The highest BCUT2D eigenvalue weighted by Gasteiger charge is 2.22. The third kappa shape index (κ3) is 3.41. The molecule has 1 atom stereocenters. The number of hydrogen-bond acceptors (Lipinski definition) is 1. The Hall–Kier alpha value is -2.48. The first kappa shape index (κ1) is 17.0. The van der Waals surface area contributed by atoms with Gasteiger partial charge in [-0.1, -0.05) is 67.2 Å². The molecule has 0 fully saturated rings. The topological polar surface area (TPSA) is 18.3 Å². The number of rotatable bonds is 2. The zero-order valence-electron chi connectivity index (χ0n) is 16.4. The summed E-state index contributed by atoms with van der Waals surface area (Å²) in [5, 5.41) is 2.54. The Bertz CT molecular complexity index is 1100. The average Bonchev–Trinajstić information content (AvgIpc) is 2.93. The highest BCUT2D eigenvalue weighted by Crippen LogP contribution is 2.24. The minimum absolute atomic E-state index is 0.0967. The van der Waals surface area contributed by atoms with Gasteiger partial charge in [0.15, 0.2) is 0 Å². The fourth-order valence-corrected chi connectivity index (χ4v) is 3.91. The zero-order valence-corrected chi connectivity index (χ0v) is 16.4. The van der Waals surface area contributed by atoms with Crippen LogP contribution in [0.1, 0.15) is 49.1 Å². The smallest absolute Gasteiger partial charge is 0.202 e. The van der Waals surface area contributed by atoms with E-state index in [1.807, 2.05) is 0 Å². The minimum atomic E-state index is 0.0967. The Morgan fingerprint density at radius 1 is 0.923 bits per heavy atom. The first-order chi connectivity index (χ1) is 12.3. The van der Waals surface area contributed by atoms with Crippen LogP contribution in [0.2, 0.25) is 0 Å². The van der Waals surface area contributed by atoms with Crippen molar-refractivity contribution in [1.29, 1.82) is 0 Å². The average molecular weight is 343 g/mol. The number of nitrogens with zero attached hydrogens (tertiary/aromatic N) is 2. The van der Waals surface area contributed by atoms with Crippen molar-refractivity contribution in [3.8, 4) is 0 Å². The van der Waals surface area contributed by atoms with Gasteiger partial charge < -0.3 is 0 Å². The van der Waals surface area contributed by atoms with Crippen LogP contribution < -0.4 is 9.73 Å². The SMILES string of the molecule is Cc1cc(C)cc(C2C=[n+]3cc4cc(CC(C)(C)C)ccc4cc3=N2)c1. The molecule has 0 bridgehead atoms. The van der Waals surface area contributed by atoms with Gasteiger partial charge in [-0.25, -0.2) is 4.24 Å². The van der Waals surface area contributed by atoms with Gasteiger partial charge in [0.1, 0.15) is 12.4 Å². The summed E-state index contributed by atoms with van der Waals surface area (Å²) in [6.45, 7) is 11.2. The number of aryl methyl sites for hydroxylation is 2. The summed E-state index contributed by atoms with van der Waals surface area (Å²) in [6.07, 6.45) is 5.53. The third-order valence-corrected chi connectivity index (χ3v) is 4.87. The summed E-state index contributed by atoms with van der Waals surface area (Å²) in [4.78, 5) is 4.94. The van der Waals surface area contributed by atoms with Crippen molar-refractivity contribution in [2.24, 2.45) is 10.4 Å². The van der Waals surface area contributed by atoms with Crippen molar-refractivity contribution in [2.45, 2.75) is 47.1 Å². The van der Waals surface area contributed by atoms with Crippen LogP contribution in [0.15, 0.2) is 53.7 Å². The Balaban J connectivity index is 1.78. The number of fused-ring (bicyclic) bond motifs is 2.